The van der Waals surface area contributed by atoms with Gasteiger partial charge < -0.3 is 13.9 Å². The first-order chi connectivity index (χ1) is 17.7. The molecule has 7 heteroatoms. The fourth-order valence-corrected chi connectivity index (χ4v) is 8.29. The third-order valence-electron chi connectivity index (χ3n) is 9.87. The lowest BCUT2D eigenvalue weighted by atomic mass is 9.54. The molecule has 6 nitrogen and oxygen atoms in total. The summed E-state index contributed by atoms with van der Waals surface area (Å²) in [4.78, 5) is 41.1. The van der Waals surface area contributed by atoms with Crippen molar-refractivity contribution in [3.8, 4) is 0 Å². The molecule has 0 heterocycles. The number of benzene rings is 1. The number of methoxy groups -OCH3 is 1. The van der Waals surface area contributed by atoms with Crippen molar-refractivity contribution in [1.82, 2.24) is 0 Å². The molecule has 4 aliphatic carbocycles. The highest BCUT2D eigenvalue weighted by molar-refractivity contribution is 6.74. The van der Waals surface area contributed by atoms with Crippen molar-refractivity contribution in [2.45, 2.75) is 108 Å². The molecule has 4 bridgehead atoms. The first-order valence-corrected chi connectivity index (χ1v) is 17.2. The molecule has 0 aromatic heterocycles. The van der Waals surface area contributed by atoms with Gasteiger partial charge in [0.25, 0.3) is 5.78 Å². The van der Waals surface area contributed by atoms with Crippen molar-refractivity contribution in [3.05, 3.63) is 35.4 Å². The van der Waals surface area contributed by atoms with Gasteiger partial charge in [-0.15, -0.1) is 0 Å². The smallest absolute Gasteiger partial charge is 0.375 e. The molecule has 0 spiro atoms. The largest absolute Gasteiger partial charge is 0.463 e. The van der Waals surface area contributed by atoms with Crippen molar-refractivity contribution >= 4 is 26.0 Å². The van der Waals surface area contributed by atoms with Gasteiger partial charge in [-0.2, -0.15) is 0 Å². The molecular weight excluding hydrogens is 496 g/mol. The lowest BCUT2D eigenvalue weighted by Crippen LogP contribution is -2.57. The molecule has 0 aliphatic heterocycles. The minimum absolute atomic E-state index is 0.0416. The van der Waals surface area contributed by atoms with Crippen LogP contribution >= 0.6 is 0 Å². The number of esters is 2. The highest BCUT2D eigenvalue weighted by atomic mass is 28.4. The van der Waals surface area contributed by atoms with E-state index in [4.69, 9.17) is 13.9 Å². The van der Waals surface area contributed by atoms with Crippen LogP contribution in [-0.2, 0) is 33.7 Å². The van der Waals surface area contributed by atoms with Gasteiger partial charge in [0.15, 0.2) is 13.7 Å². The zero-order valence-corrected chi connectivity index (χ0v) is 25.4. The number of aryl methyl sites for hydroxylation is 1. The van der Waals surface area contributed by atoms with E-state index in [0.717, 1.165) is 24.8 Å². The number of hydrogen-bond donors (Lipinski definition) is 0. The van der Waals surface area contributed by atoms with Crippen LogP contribution in [0.3, 0.4) is 0 Å². The molecule has 38 heavy (non-hydrogen) atoms. The van der Waals surface area contributed by atoms with Crippen LogP contribution in [0.15, 0.2) is 24.3 Å². The summed E-state index contributed by atoms with van der Waals surface area (Å²) in [6, 6.07) is 7.34. The Hall–Kier alpha value is -1.99. The second-order valence-corrected chi connectivity index (χ2v) is 18.6. The van der Waals surface area contributed by atoms with Crippen molar-refractivity contribution in [2.75, 3.05) is 13.7 Å². The van der Waals surface area contributed by atoms with Gasteiger partial charge in [0, 0.05) is 6.61 Å². The second kappa shape index (κ2) is 10.5. The van der Waals surface area contributed by atoms with Crippen LogP contribution < -0.4 is 0 Å². The molecular formula is C31H46O6Si. The van der Waals surface area contributed by atoms with E-state index in [1.165, 1.54) is 26.4 Å². The highest BCUT2D eigenvalue weighted by Crippen LogP contribution is 2.57. The maximum absolute atomic E-state index is 14.4. The molecule has 4 fully saturated rings. The van der Waals surface area contributed by atoms with E-state index in [2.05, 4.69) is 33.9 Å². The Kier molecular flexibility index (Phi) is 8.04. The Labute approximate surface area is 229 Å². The van der Waals surface area contributed by atoms with Crippen molar-refractivity contribution in [3.63, 3.8) is 0 Å². The predicted octanol–water partition coefficient (Wildman–Crippen LogP) is 6.29. The van der Waals surface area contributed by atoms with Crippen LogP contribution in [0.2, 0.25) is 18.1 Å². The molecule has 0 radical (unpaired) electrons. The van der Waals surface area contributed by atoms with Crippen LogP contribution in [0.25, 0.3) is 0 Å². The maximum Gasteiger partial charge on any atom is 0.375 e. The van der Waals surface area contributed by atoms with Crippen LogP contribution in [0, 0.1) is 24.7 Å². The molecule has 0 amide bonds. The summed E-state index contributed by atoms with van der Waals surface area (Å²) >= 11 is 0. The minimum Gasteiger partial charge on any atom is -0.463 e. The Morgan fingerprint density at radius 2 is 1.58 bits per heavy atom. The molecule has 210 valence electrons. The van der Waals surface area contributed by atoms with Crippen LogP contribution in [0.1, 0.15) is 83.3 Å². The van der Waals surface area contributed by atoms with E-state index in [-0.39, 0.29) is 11.5 Å². The van der Waals surface area contributed by atoms with Gasteiger partial charge in [-0.3, -0.25) is 9.59 Å². The van der Waals surface area contributed by atoms with E-state index < -0.39 is 37.1 Å². The fraction of sp³-hybridized carbons (Fsp3) is 0.710. The normalized spacial score (nSPS) is 28.0. The predicted molar refractivity (Wildman–Crippen MR) is 149 cm³/mol. The summed E-state index contributed by atoms with van der Waals surface area (Å²) in [5.41, 5.74) is -0.895. The zero-order chi connectivity index (χ0) is 27.9. The second-order valence-electron chi connectivity index (χ2n) is 13.8. The average Bonchev–Trinajstić information content (AvgIpc) is 2.81. The summed E-state index contributed by atoms with van der Waals surface area (Å²) in [6.07, 6.45) is 6.78. The third kappa shape index (κ3) is 5.51. The van der Waals surface area contributed by atoms with Crippen LogP contribution in [0.5, 0.6) is 0 Å². The van der Waals surface area contributed by atoms with Gasteiger partial charge >= 0.3 is 11.9 Å². The summed E-state index contributed by atoms with van der Waals surface area (Å²) in [5.74, 6) is -0.732. The number of ether oxygens (including phenoxy) is 2. The van der Waals surface area contributed by atoms with Crippen molar-refractivity contribution < 1.29 is 28.3 Å². The Morgan fingerprint density at radius 1 is 1.00 bits per heavy atom. The number of carbonyl (C=O) groups excluding carboxylic acids is 3. The topological polar surface area (TPSA) is 78.9 Å². The van der Waals surface area contributed by atoms with E-state index in [9.17, 15) is 14.4 Å². The first-order valence-electron chi connectivity index (χ1n) is 14.3. The van der Waals surface area contributed by atoms with Crippen LogP contribution in [0.4, 0.5) is 0 Å². The summed E-state index contributed by atoms with van der Waals surface area (Å²) in [6.45, 7) is 13.2. The third-order valence-corrected chi connectivity index (χ3v) is 14.4. The fourth-order valence-electron chi connectivity index (χ4n) is 7.20. The van der Waals surface area contributed by atoms with E-state index in [1.54, 1.807) is 6.07 Å². The number of hydrogen-bond acceptors (Lipinski definition) is 6. The van der Waals surface area contributed by atoms with Crippen molar-refractivity contribution in [1.29, 1.82) is 0 Å². The Balaban J connectivity index is 1.67. The molecule has 0 saturated heterocycles. The Bertz CT molecular complexity index is 1040. The molecule has 0 unspecified atom stereocenters. The zero-order valence-electron chi connectivity index (χ0n) is 24.4. The first kappa shape index (κ1) is 29.0. The quantitative estimate of drug-likeness (QED) is 0.114. The van der Waals surface area contributed by atoms with Gasteiger partial charge in [0.1, 0.15) is 5.60 Å². The monoisotopic (exact) mass is 542 g/mol. The molecule has 4 saturated carbocycles. The van der Waals surface area contributed by atoms with Crippen molar-refractivity contribution in [2.24, 2.45) is 17.8 Å². The summed E-state index contributed by atoms with van der Waals surface area (Å²) in [5, 5.41) is 0.0416. The average molecular weight is 543 g/mol. The number of rotatable bonds is 10. The van der Waals surface area contributed by atoms with Crippen LogP contribution in [-0.4, -0.2) is 45.4 Å². The number of carbonyl (C=O) groups is 3. The van der Waals surface area contributed by atoms with E-state index >= 15 is 0 Å². The maximum atomic E-state index is 14.4. The number of ketones is 1. The van der Waals surface area contributed by atoms with Gasteiger partial charge in [0.2, 0.25) is 0 Å². The van der Waals surface area contributed by atoms with Gasteiger partial charge in [0.05, 0.1) is 7.11 Å². The van der Waals surface area contributed by atoms with E-state index in [0.29, 0.717) is 36.3 Å². The molecule has 5 rings (SSSR count). The molecule has 4 aliphatic rings. The molecule has 1 aromatic rings. The SMILES string of the molecule is COC(=O)C(=O)[C@](CCCO[Si](C)(C)C(C)(C)C)(C(=O)OC12CC3CC(CC(C3)C1)C2)c1cccc(C)c1. The molecule has 1 aromatic carbocycles. The number of Topliss-reactive ketones (excluding diaryl/α,β-unsaturated/α-hetero) is 1. The summed E-state index contributed by atoms with van der Waals surface area (Å²) in [7, 11) is -0.834. The van der Waals surface area contributed by atoms with Gasteiger partial charge in [-0.05, 0) is 99.7 Å². The summed E-state index contributed by atoms with van der Waals surface area (Å²) < 4.78 is 17.8. The lowest BCUT2D eigenvalue weighted by molar-refractivity contribution is -0.194. The molecule has 0 N–H and O–H groups in total. The Morgan fingerprint density at radius 3 is 2.08 bits per heavy atom. The van der Waals surface area contributed by atoms with Gasteiger partial charge in [-0.25, -0.2) is 4.79 Å². The lowest BCUT2D eigenvalue weighted by Gasteiger charge is -2.56. The van der Waals surface area contributed by atoms with Gasteiger partial charge in [-0.1, -0.05) is 50.6 Å². The van der Waals surface area contributed by atoms with E-state index in [1.807, 2.05) is 25.1 Å². The minimum atomic E-state index is -2.02. The highest BCUT2D eigenvalue weighted by Gasteiger charge is 2.58. The molecule has 1 atom stereocenters. The standard InChI is InChI=1S/C31H46O6Si/c1-21-10-8-11-25(14-21)31(26(32)27(33)35-5,12-9-13-36-38(6,7)29(2,3)4)28(34)37-30-18-22-15-23(19-30)17-24(16-22)20-30/h8,10-11,14,22-24H,9,12-13,15-20H2,1-7H3/t22?,23?,24?,30?,31-/m1/s1.